The molecule has 1 aliphatic carbocycles. The van der Waals surface area contributed by atoms with Gasteiger partial charge in [-0.25, -0.2) is 0 Å². The predicted octanol–water partition coefficient (Wildman–Crippen LogP) is 4.36. The van der Waals surface area contributed by atoms with Crippen LogP contribution in [0.4, 0.5) is 0 Å². The van der Waals surface area contributed by atoms with Crippen molar-refractivity contribution in [3.8, 4) is 6.07 Å². The molecule has 2 aromatic rings. The van der Waals surface area contributed by atoms with E-state index < -0.39 is 0 Å². The molecule has 1 fully saturated rings. The number of benzene rings is 2. The summed E-state index contributed by atoms with van der Waals surface area (Å²) in [5.41, 5.74) is 3.40. The van der Waals surface area contributed by atoms with E-state index in [-0.39, 0.29) is 0 Å². The molecule has 2 nitrogen and oxygen atoms in total. The summed E-state index contributed by atoms with van der Waals surface area (Å²) in [5.74, 6) is 0.691. The summed E-state index contributed by atoms with van der Waals surface area (Å²) in [4.78, 5) is 0. The molecule has 0 heterocycles. The van der Waals surface area contributed by atoms with Gasteiger partial charge in [-0.15, -0.1) is 0 Å². The third kappa shape index (κ3) is 3.53. The SMILES string of the molecule is N#Cc1ccc(CNC2CC(c3ccc(Br)cc3)C2)cc1. The number of rotatable bonds is 4. The molecule has 0 saturated heterocycles. The maximum absolute atomic E-state index is 8.78. The Morgan fingerprint density at radius 2 is 1.71 bits per heavy atom. The van der Waals surface area contributed by atoms with Crippen LogP contribution >= 0.6 is 15.9 Å². The van der Waals surface area contributed by atoms with E-state index in [1.807, 2.05) is 24.3 Å². The van der Waals surface area contributed by atoms with Crippen molar-refractivity contribution >= 4 is 15.9 Å². The van der Waals surface area contributed by atoms with Gasteiger partial charge in [0.05, 0.1) is 11.6 Å². The highest BCUT2D eigenvalue weighted by Crippen LogP contribution is 2.37. The first-order valence-corrected chi connectivity index (χ1v) is 8.02. The molecule has 1 saturated carbocycles. The van der Waals surface area contributed by atoms with Gasteiger partial charge in [0, 0.05) is 17.1 Å². The van der Waals surface area contributed by atoms with E-state index in [2.05, 4.69) is 51.6 Å². The fourth-order valence-electron chi connectivity index (χ4n) is 2.75. The van der Waals surface area contributed by atoms with Crippen molar-refractivity contribution in [1.29, 1.82) is 5.26 Å². The van der Waals surface area contributed by atoms with Crippen molar-refractivity contribution in [3.63, 3.8) is 0 Å². The fraction of sp³-hybridized carbons (Fsp3) is 0.278. The van der Waals surface area contributed by atoms with E-state index in [9.17, 15) is 0 Å². The minimum atomic E-state index is 0.606. The Morgan fingerprint density at radius 1 is 1.05 bits per heavy atom. The van der Waals surface area contributed by atoms with Gasteiger partial charge in [-0.05, 0) is 54.2 Å². The summed E-state index contributed by atoms with van der Waals surface area (Å²) >= 11 is 3.47. The maximum Gasteiger partial charge on any atom is 0.0991 e. The Labute approximate surface area is 133 Å². The molecular formula is C18H17BrN2. The van der Waals surface area contributed by atoms with Crippen molar-refractivity contribution in [2.45, 2.75) is 31.3 Å². The molecule has 0 aliphatic heterocycles. The molecule has 0 bridgehead atoms. The lowest BCUT2D eigenvalue weighted by Gasteiger charge is -2.36. The summed E-state index contributed by atoms with van der Waals surface area (Å²) < 4.78 is 1.14. The number of hydrogen-bond donors (Lipinski definition) is 1. The van der Waals surface area contributed by atoms with Crippen LogP contribution < -0.4 is 5.32 Å². The fourth-order valence-corrected chi connectivity index (χ4v) is 3.02. The van der Waals surface area contributed by atoms with Crippen LogP contribution in [0.25, 0.3) is 0 Å². The number of nitrogens with zero attached hydrogens (tertiary/aromatic N) is 1. The predicted molar refractivity (Wildman–Crippen MR) is 87.9 cm³/mol. The molecule has 2 aromatic carbocycles. The van der Waals surface area contributed by atoms with Crippen LogP contribution in [0.15, 0.2) is 53.0 Å². The highest BCUT2D eigenvalue weighted by atomic mass is 79.9. The number of nitrogens with one attached hydrogen (secondary N) is 1. The van der Waals surface area contributed by atoms with Gasteiger partial charge < -0.3 is 5.32 Å². The quantitative estimate of drug-likeness (QED) is 0.897. The van der Waals surface area contributed by atoms with Gasteiger partial charge in [0.15, 0.2) is 0 Å². The normalized spacial score (nSPS) is 20.6. The summed E-state index contributed by atoms with van der Waals surface area (Å²) in [6.45, 7) is 0.878. The zero-order valence-electron chi connectivity index (χ0n) is 11.7. The Balaban J connectivity index is 1.46. The summed E-state index contributed by atoms with van der Waals surface area (Å²) in [6, 6.07) is 19.2. The maximum atomic E-state index is 8.78. The molecule has 1 aliphatic rings. The van der Waals surface area contributed by atoms with Gasteiger partial charge in [0.1, 0.15) is 0 Å². The third-order valence-corrected chi connectivity index (χ3v) is 4.69. The largest absolute Gasteiger partial charge is 0.310 e. The van der Waals surface area contributed by atoms with Crippen molar-refractivity contribution in [2.24, 2.45) is 0 Å². The first-order chi connectivity index (χ1) is 10.2. The molecule has 0 spiro atoms. The Morgan fingerprint density at radius 3 is 2.33 bits per heavy atom. The highest BCUT2D eigenvalue weighted by Gasteiger charge is 2.29. The van der Waals surface area contributed by atoms with E-state index in [1.165, 1.54) is 24.0 Å². The zero-order chi connectivity index (χ0) is 14.7. The first kappa shape index (κ1) is 14.3. The number of halogens is 1. The van der Waals surface area contributed by atoms with Gasteiger partial charge >= 0.3 is 0 Å². The van der Waals surface area contributed by atoms with Crippen LogP contribution in [0.1, 0.15) is 35.4 Å². The molecular weight excluding hydrogens is 324 g/mol. The summed E-state index contributed by atoms with van der Waals surface area (Å²) in [7, 11) is 0. The van der Waals surface area contributed by atoms with E-state index in [4.69, 9.17) is 5.26 Å². The molecule has 0 unspecified atom stereocenters. The molecule has 0 amide bonds. The number of nitriles is 1. The lowest BCUT2D eigenvalue weighted by molar-refractivity contribution is 0.289. The summed E-state index contributed by atoms with van der Waals surface area (Å²) in [6.07, 6.45) is 2.41. The topological polar surface area (TPSA) is 35.8 Å². The molecule has 106 valence electrons. The van der Waals surface area contributed by atoms with Crippen LogP contribution in [-0.4, -0.2) is 6.04 Å². The highest BCUT2D eigenvalue weighted by molar-refractivity contribution is 9.10. The molecule has 3 rings (SSSR count). The summed E-state index contributed by atoms with van der Waals surface area (Å²) in [5, 5.41) is 12.4. The van der Waals surface area contributed by atoms with Crippen molar-refractivity contribution in [1.82, 2.24) is 5.32 Å². The van der Waals surface area contributed by atoms with Gasteiger partial charge in [0.25, 0.3) is 0 Å². The first-order valence-electron chi connectivity index (χ1n) is 7.22. The Hall–Kier alpha value is -1.63. The second-order valence-electron chi connectivity index (χ2n) is 5.61. The smallest absolute Gasteiger partial charge is 0.0991 e. The monoisotopic (exact) mass is 340 g/mol. The van der Waals surface area contributed by atoms with Crippen LogP contribution in [0.5, 0.6) is 0 Å². The van der Waals surface area contributed by atoms with Crippen molar-refractivity contribution in [3.05, 3.63) is 69.7 Å². The van der Waals surface area contributed by atoms with Gasteiger partial charge in [-0.3, -0.25) is 0 Å². The molecule has 0 radical (unpaired) electrons. The van der Waals surface area contributed by atoms with Gasteiger partial charge in [-0.1, -0.05) is 40.2 Å². The van der Waals surface area contributed by atoms with Crippen molar-refractivity contribution in [2.75, 3.05) is 0 Å². The minimum Gasteiger partial charge on any atom is -0.310 e. The van der Waals surface area contributed by atoms with E-state index >= 15 is 0 Å². The molecule has 0 aromatic heterocycles. The molecule has 3 heteroatoms. The molecule has 21 heavy (non-hydrogen) atoms. The zero-order valence-corrected chi connectivity index (χ0v) is 13.3. The molecule has 0 atom stereocenters. The lowest BCUT2D eigenvalue weighted by atomic mass is 9.76. The molecule has 1 N–H and O–H groups in total. The van der Waals surface area contributed by atoms with Gasteiger partial charge in [-0.2, -0.15) is 5.26 Å². The standard InChI is InChI=1S/C18H17BrN2/c19-17-7-5-15(6-8-17)16-9-18(10-16)21-12-14-3-1-13(11-20)2-4-14/h1-8,16,18,21H,9-10,12H2. The van der Waals surface area contributed by atoms with Crippen LogP contribution in [0.2, 0.25) is 0 Å². The van der Waals surface area contributed by atoms with E-state index in [1.54, 1.807) is 0 Å². The van der Waals surface area contributed by atoms with Crippen molar-refractivity contribution < 1.29 is 0 Å². The van der Waals surface area contributed by atoms with Crippen LogP contribution in [-0.2, 0) is 6.54 Å². The Kier molecular flexibility index (Phi) is 4.38. The van der Waals surface area contributed by atoms with E-state index in [0.717, 1.165) is 16.6 Å². The second kappa shape index (κ2) is 6.43. The average molecular weight is 341 g/mol. The minimum absolute atomic E-state index is 0.606. The third-order valence-electron chi connectivity index (χ3n) is 4.16. The van der Waals surface area contributed by atoms with E-state index in [0.29, 0.717) is 12.0 Å². The average Bonchev–Trinajstić information content (AvgIpc) is 2.48. The Bertz CT molecular complexity index is 634. The van der Waals surface area contributed by atoms with Gasteiger partial charge in [0.2, 0.25) is 0 Å². The second-order valence-corrected chi connectivity index (χ2v) is 6.52. The lowest BCUT2D eigenvalue weighted by Crippen LogP contribution is -2.39. The van der Waals surface area contributed by atoms with Crippen LogP contribution in [0, 0.1) is 11.3 Å². The van der Waals surface area contributed by atoms with Crippen LogP contribution in [0.3, 0.4) is 0 Å². The number of hydrogen-bond acceptors (Lipinski definition) is 2.